The number of carbonyl (C=O) groups is 2. The van der Waals surface area contributed by atoms with Gasteiger partial charge in [-0.15, -0.1) is 11.3 Å². The number of thiophene rings is 1. The standard InChI is InChI=1S/C19H18F2N2O3S/c1-11-16(15-5-4-8-27-15)17(24)23(10-26-11)19(2,3)18(25)22-14-9-12(20)6-7-13(14)21/h4-9H,10H2,1-3H3,(H,22,25). The van der Waals surface area contributed by atoms with Crippen LogP contribution in [-0.4, -0.2) is 29.0 Å². The van der Waals surface area contributed by atoms with Crippen LogP contribution < -0.4 is 5.32 Å². The Hall–Kier alpha value is -2.74. The van der Waals surface area contributed by atoms with Gasteiger partial charge in [-0.25, -0.2) is 8.78 Å². The van der Waals surface area contributed by atoms with E-state index >= 15 is 0 Å². The van der Waals surface area contributed by atoms with Crippen LogP contribution in [0.1, 0.15) is 25.6 Å². The number of hydrogen-bond donors (Lipinski definition) is 1. The van der Waals surface area contributed by atoms with E-state index in [4.69, 9.17) is 4.74 Å². The van der Waals surface area contributed by atoms with Crippen molar-refractivity contribution in [2.45, 2.75) is 26.3 Å². The van der Waals surface area contributed by atoms with E-state index in [0.29, 0.717) is 11.3 Å². The molecule has 0 saturated heterocycles. The third kappa shape index (κ3) is 3.57. The van der Waals surface area contributed by atoms with Gasteiger partial charge in [-0.1, -0.05) is 6.07 Å². The number of ether oxygens (including phenoxy) is 1. The van der Waals surface area contributed by atoms with Gasteiger partial charge in [0, 0.05) is 10.9 Å². The first-order chi connectivity index (χ1) is 12.7. The Morgan fingerprint density at radius 3 is 2.70 bits per heavy atom. The molecule has 0 fully saturated rings. The molecule has 27 heavy (non-hydrogen) atoms. The van der Waals surface area contributed by atoms with Gasteiger partial charge in [-0.3, -0.25) is 14.5 Å². The molecular weight excluding hydrogens is 374 g/mol. The lowest BCUT2D eigenvalue weighted by molar-refractivity contribution is -0.147. The molecule has 0 bridgehead atoms. The summed E-state index contributed by atoms with van der Waals surface area (Å²) in [5.74, 6) is -1.99. The molecule has 0 atom stereocenters. The van der Waals surface area contributed by atoms with Gasteiger partial charge in [0.15, 0.2) is 6.73 Å². The lowest BCUT2D eigenvalue weighted by Gasteiger charge is -2.40. The number of rotatable bonds is 4. The molecule has 1 aliphatic rings. The van der Waals surface area contributed by atoms with E-state index < -0.39 is 23.1 Å². The lowest BCUT2D eigenvalue weighted by atomic mass is 9.99. The van der Waals surface area contributed by atoms with Gasteiger partial charge < -0.3 is 10.1 Å². The Morgan fingerprint density at radius 2 is 2.04 bits per heavy atom. The minimum atomic E-state index is -1.36. The number of nitrogens with one attached hydrogen (secondary N) is 1. The zero-order valence-corrected chi connectivity index (χ0v) is 15.8. The summed E-state index contributed by atoms with van der Waals surface area (Å²) in [6.45, 7) is 4.62. The van der Waals surface area contributed by atoms with Crippen molar-refractivity contribution in [2.24, 2.45) is 0 Å². The van der Waals surface area contributed by atoms with Crippen LogP contribution in [0.3, 0.4) is 0 Å². The van der Waals surface area contributed by atoms with Crippen LogP contribution >= 0.6 is 11.3 Å². The van der Waals surface area contributed by atoms with E-state index in [9.17, 15) is 18.4 Å². The highest BCUT2D eigenvalue weighted by Gasteiger charge is 2.42. The number of anilines is 1. The maximum absolute atomic E-state index is 13.8. The normalized spacial score (nSPS) is 15.0. The SMILES string of the molecule is CC1=C(c2cccs2)C(=O)N(C(C)(C)C(=O)Nc2cc(F)ccc2F)CO1. The third-order valence-corrected chi connectivity index (χ3v) is 5.28. The lowest BCUT2D eigenvalue weighted by Crippen LogP contribution is -2.57. The maximum Gasteiger partial charge on any atom is 0.262 e. The minimum absolute atomic E-state index is 0.119. The van der Waals surface area contributed by atoms with Gasteiger partial charge in [0.25, 0.3) is 5.91 Å². The minimum Gasteiger partial charge on any atom is -0.477 e. The highest BCUT2D eigenvalue weighted by Crippen LogP contribution is 2.33. The van der Waals surface area contributed by atoms with Crippen LogP contribution in [0.5, 0.6) is 0 Å². The van der Waals surface area contributed by atoms with Crippen LogP contribution in [0.2, 0.25) is 0 Å². The van der Waals surface area contributed by atoms with E-state index in [2.05, 4.69) is 5.32 Å². The van der Waals surface area contributed by atoms with Crippen LogP contribution in [0, 0.1) is 11.6 Å². The van der Waals surface area contributed by atoms with Crippen molar-refractivity contribution < 1.29 is 23.1 Å². The van der Waals surface area contributed by atoms with Crippen molar-refractivity contribution in [1.29, 1.82) is 0 Å². The molecule has 142 valence electrons. The second-order valence-corrected chi connectivity index (χ2v) is 7.50. The highest BCUT2D eigenvalue weighted by atomic mass is 32.1. The average Bonchev–Trinajstić information content (AvgIpc) is 3.12. The van der Waals surface area contributed by atoms with Gasteiger partial charge in [0.2, 0.25) is 5.91 Å². The van der Waals surface area contributed by atoms with Gasteiger partial charge in [0.05, 0.1) is 11.3 Å². The van der Waals surface area contributed by atoms with E-state index in [0.717, 1.165) is 23.1 Å². The summed E-state index contributed by atoms with van der Waals surface area (Å²) < 4.78 is 32.8. The Morgan fingerprint density at radius 1 is 1.30 bits per heavy atom. The summed E-state index contributed by atoms with van der Waals surface area (Å²) in [6.07, 6.45) is 0. The van der Waals surface area contributed by atoms with Crippen molar-refractivity contribution in [3.63, 3.8) is 0 Å². The summed E-state index contributed by atoms with van der Waals surface area (Å²) in [7, 11) is 0. The first-order valence-electron chi connectivity index (χ1n) is 8.18. The number of hydrogen-bond acceptors (Lipinski definition) is 4. The highest BCUT2D eigenvalue weighted by molar-refractivity contribution is 7.11. The van der Waals surface area contributed by atoms with Crippen molar-refractivity contribution in [1.82, 2.24) is 4.90 Å². The van der Waals surface area contributed by atoms with Gasteiger partial charge in [-0.05, 0) is 44.4 Å². The average molecular weight is 392 g/mol. The second kappa shape index (κ2) is 7.11. The third-order valence-electron chi connectivity index (χ3n) is 4.40. The summed E-state index contributed by atoms with van der Waals surface area (Å²) >= 11 is 1.39. The number of benzene rings is 1. The molecule has 2 heterocycles. The Labute approximate surface area is 159 Å². The fraction of sp³-hybridized carbons (Fsp3) is 0.263. The molecule has 0 radical (unpaired) electrons. The number of carbonyl (C=O) groups excluding carboxylic acids is 2. The van der Waals surface area contributed by atoms with Crippen molar-refractivity contribution in [3.8, 4) is 0 Å². The number of amides is 2. The van der Waals surface area contributed by atoms with Crippen molar-refractivity contribution >= 4 is 34.4 Å². The molecule has 5 nitrogen and oxygen atoms in total. The maximum atomic E-state index is 13.8. The number of allylic oxidation sites excluding steroid dienone is 1. The predicted octanol–water partition coefficient (Wildman–Crippen LogP) is 3.99. The summed E-state index contributed by atoms with van der Waals surface area (Å²) in [6, 6.07) is 6.38. The first kappa shape index (κ1) is 19.0. The Kier molecular flexibility index (Phi) is 5.01. The van der Waals surface area contributed by atoms with Crippen LogP contribution in [0.15, 0.2) is 41.5 Å². The molecule has 1 N–H and O–H groups in total. The Balaban J connectivity index is 1.87. The Bertz CT molecular complexity index is 923. The molecule has 0 aliphatic carbocycles. The van der Waals surface area contributed by atoms with E-state index in [1.54, 1.807) is 13.0 Å². The molecule has 0 saturated carbocycles. The van der Waals surface area contributed by atoms with Crippen molar-refractivity contribution in [2.75, 3.05) is 12.0 Å². The molecule has 2 aromatic rings. The number of nitrogens with zero attached hydrogens (tertiary/aromatic N) is 1. The smallest absolute Gasteiger partial charge is 0.262 e. The van der Waals surface area contributed by atoms with E-state index in [-0.39, 0.29) is 18.3 Å². The molecular formula is C19H18F2N2O3S. The molecule has 3 rings (SSSR count). The zero-order valence-electron chi connectivity index (χ0n) is 15.0. The topological polar surface area (TPSA) is 58.6 Å². The quantitative estimate of drug-likeness (QED) is 0.856. The van der Waals surface area contributed by atoms with Gasteiger partial charge in [0.1, 0.15) is 22.9 Å². The predicted molar refractivity (Wildman–Crippen MR) is 98.8 cm³/mol. The molecule has 0 spiro atoms. The van der Waals surface area contributed by atoms with Crippen LogP contribution in [0.25, 0.3) is 5.57 Å². The number of halogens is 2. The molecule has 2 amide bonds. The first-order valence-corrected chi connectivity index (χ1v) is 9.06. The van der Waals surface area contributed by atoms with Crippen LogP contribution in [0.4, 0.5) is 14.5 Å². The fourth-order valence-electron chi connectivity index (χ4n) is 2.68. The zero-order chi connectivity index (χ0) is 19.8. The summed E-state index contributed by atoms with van der Waals surface area (Å²) in [4.78, 5) is 27.8. The summed E-state index contributed by atoms with van der Waals surface area (Å²) in [5, 5.41) is 4.19. The summed E-state index contributed by atoms with van der Waals surface area (Å²) in [5.41, 5.74) is -1.27. The van der Waals surface area contributed by atoms with E-state index in [1.165, 1.54) is 30.1 Å². The molecule has 0 unspecified atom stereocenters. The van der Waals surface area contributed by atoms with Gasteiger partial charge >= 0.3 is 0 Å². The molecule has 1 aromatic carbocycles. The monoisotopic (exact) mass is 392 g/mol. The van der Waals surface area contributed by atoms with E-state index in [1.807, 2.05) is 11.4 Å². The second-order valence-electron chi connectivity index (χ2n) is 6.55. The van der Waals surface area contributed by atoms with Crippen LogP contribution in [-0.2, 0) is 14.3 Å². The van der Waals surface area contributed by atoms with Crippen molar-refractivity contribution in [3.05, 3.63) is 58.0 Å². The molecule has 1 aromatic heterocycles. The van der Waals surface area contributed by atoms with Gasteiger partial charge in [-0.2, -0.15) is 0 Å². The largest absolute Gasteiger partial charge is 0.477 e. The molecule has 1 aliphatic heterocycles. The fourth-order valence-corrected chi connectivity index (χ4v) is 3.49. The molecule has 8 heteroatoms.